The average molecular weight is 403 g/mol. The number of aliphatic hydroxyl groups excluding tert-OH is 2. The van der Waals surface area contributed by atoms with Gasteiger partial charge in [0.15, 0.2) is 0 Å². The summed E-state index contributed by atoms with van der Waals surface area (Å²) in [6.45, 7) is 12.5. The Labute approximate surface area is 177 Å². The second kappa shape index (κ2) is 8.69. The summed E-state index contributed by atoms with van der Waals surface area (Å²) in [5.74, 6) is 2.02. The Hall–Kier alpha value is -0.900. The van der Waals surface area contributed by atoms with Crippen LogP contribution in [0.15, 0.2) is 35.5 Å². The van der Waals surface area contributed by atoms with E-state index in [-0.39, 0.29) is 0 Å². The minimum absolute atomic E-state index is 0.363. The van der Waals surface area contributed by atoms with Crippen molar-refractivity contribution in [2.45, 2.75) is 103 Å². The Balaban J connectivity index is 1.72. The Kier molecular flexibility index (Phi) is 6.82. The predicted molar refractivity (Wildman–Crippen MR) is 119 cm³/mol. The summed E-state index contributed by atoms with van der Waals surface area (Å²) in [5, 5.41) is 30.4. The maximum Gasteiger partial charge on any atom is 0.0809 e. The van der Waals surface area contributed by atoms with Crippen LogP contribution in [0.25, 0.3) is 0 Å². The van der Waals surface area contributed by atoms with Gasteiger partial charge in [-0.1, -0.05) is 43.7 Å². The molecule has 3 fully saturated rings. The molecule has 3 N–H and O–H groups in total. The van der Waals surface area contributed by atoms with E-state index in [4.69, 9.17) is 0 Å². The van der Waals surface area contributed by atoms with Gasteiger partial charge in [0, 0.05) is 0 Å². The third kappa shape index (κ3) is 5.06. The molecule has 3 heteroatoms. The van der Waals surface area contributed by atoms with E-state index >= 15 is 0 Å². The first-order chi connectivity index (χ1) is 13.5. The van der Waals surface area contributed by atoms with Gasteiger partial charge in [-0.05, 0) is 100 Å². The fourth-order valence-corrected chi connectivity index (χ4v) is 6.42. The summed E-state index contributed by atoms with van der Waals surface area (Å²) < 4.78 is 0. The highest BCUT2D eigenvalue weighted by atomic mass is 16.3. The molecule has 3 aliphatic carbocycles. The average Bonchev–Trinajstić information content (AvgIpc) is 2.99. The number of fused-ring (bicyclic) bond motifs is 1. The standard InChI is InChI=1S/C26H42O3/c1-17(12-14-25(3,4)29)21-10-11-22-20(7-6-13-26(21,22)5)9-8-19-15-23(27)18(2)24(28)16-19/h8-9,17,21-24,27-29H,2,6-7,10-16H2,1,3-5H3/b20-9+/t17-,21-,22+,23-,24-,26-/m1/s1. The molecule has 3 rings (SSSR count). The molecule has 0 aromatic heterocycles. The first-order valence-electron chi connectivity index (χ1n) is 11.7. The molecule has 0 bridgehead atoms. The molecule has 0 spiro atoms. The van der Waals surface area contributed by atoms with Crippen LogP contribution >= 0.6 is 0 Å². The second-order valence-electron chi connectivity index (χ2n) is 11.0. The van der Waals surface area contributed by atoms with Crippen LogP contribution in [0.3, 0.4) is 0 Å². The van der Waals surface area contributed by atoms with Crippen LogP contribution in [-0.4, -0.2) is 33.1 Å². The van der Waals surface area contributed by atoms with E-state index in [1.165, 1.54) is 32.1 Å². The molecule has 164 valence electrons. The molecule has 3 aliphatic rings. The Morgan fingerprint density at radius 1 is 1.17 bits per heavy atom. The van der Waals surface area contributed by atoms with Crippen molar-refractivity contribution in [2.24, 2.45) is 23.2 Å². The molecule has 0 aromatic carbocycles. The van der Waals surface area contributed by atoms with Gasteiger partial charge in [0.2, 0.25) is 0 Å². The fourth-order valence-electron chi connectivity index (χ4n) is 6.42. The van der Waals surface area contributed by atoms with E-state index < -0.39 is 17.8 Å². The Bertz CT molecular complexity index is 652. The summed E-state index contributed by atoms with van der Waals surface area (Å²) in [6, 6.07) is 0. The summed E-state index contributed by atoms with van der Waals surface area (Å²) in [5.41, 5.74) is 3.04. The first-order valence-corrected chi connectivity index (χ1v) is 11.7. The van der Waals surface area contributed by atoms with Crippen LogP contribution in [0.2, 0.25) is 0 Å². The van der Waals surface area contributed by atoms with Gasteiger partial charge < -0.3 is 15.3 Å². The Morgan fingerprint density at radius 2 is 1.83 bits per heavy atom. The van der Waals surface area contributed by atoms with Gasteiger partial charge >= 0.3 is 0 Å². The quantitative estimate of drug-likeness (QED) is 0.546. The lowest BCUT2D eigenvalue weighted by Crippen LogP contribution is -2.36. The molecule has 0 aliphatic heterocycles. The van der Waals surface area contributed by atoms with Gasteiger partial charge in [-0.25, -0.2) is 0 Å². The minimum atomic E-state index is -0.618. The number of rotatable bonds is 5. The van der Waals surface area contributed by atoms with Gasteiger partial charge in [0.1, 0.15) is 0 Å². The molecule has 29 heavy (non-hydrogen) atoms. The molecular formula is C26H42O3. The highest BCUT2D eigenvalue weighted by Crippen LogP contribution is 2.60. The third-order valence-corrected chi connectivity index (χ3v) is 8.24. The fraction of sp³-hybridized carbons (Fsp3) is 0.769. The number of hydrogen-bond acceptors (Lipinski definition) is 3. The maximum atomic E-state index is 10.1. The van der Waals surface area contributed by atoms with E-state index in [1.54, 1.807) is 5.57 Å². The molecule has 3 saturated carbocycles. The zero-order chi connectivity index (χ0) is 21.4. The van der Waals surface area contributed by atoms with Crippen LogP contribution in [-0.2, 0) is 0 Å². The predicted octanol–water partition coefficient (Wildman–Crippen LogP) is 5.31. The normalized spacial score (nSPS) is 38.2. The van der Waals surface area contributed by atoms with Gasteiger partial charge in [-0.2, -0.15) is 0 Å². The molecular weight excluding hydrogens is 360 g/mol. The van der Waals surface area contributed by atoms with E-state index in [2.05, 4.69) is 32.6 Å². The molecule has 0 heterocycles. The number of allylic oxidation sites excluding steroid dienone is 3. The number of aliphatic hydroxyl groups is 3. The van der Waals surface area contributed by atoms with Gasteiger partial charge in [-0.15, -0.1) is 0 Å². The van der Waals surface area contributed by atoms with Crippen molar-refractivity contribution in [1.29, 1.82) is 0 Å². The van der Waals surface area contributed by atoms with E-state index in [9.17, 15) is 15.3 Å². The number of hydrogen-bond donors (Lipinski definition) is 3. The second-order valence-corrected chi connectivity index (χ2v) is 11.0. The van der Waals surface area contributed by atoms with Crippen molar-refractivity contribution in [1.82, 2.24) is 0 Å². The lowest BCUT2D eigenvalue weighted by molar-refractivity contribution is 0.0461. The molecule has 6 atom stereocenters. The monoisotopic (exact) mass is 402 g/mol. The van der Waals surface area contributed by atoms with Crippen LogP contribution in [0.5, 0.6) is 0 Å². The lowest BCUT2D eigenvalue weighted by atomic mass is 9.60. The molecule has 3 nitrogen and oxygen atoms in total. The minimum Gasteiger partial charge on any atom is -0.390 e. The third-order valence-electron chi connectivity index (χ3n) is 8.24. The summed E-state index contributed by atoms with van der Waals surface area (Å²) >= 11 is 0. The topological polar surface area (TPSA) is 60.7 Å². The maximum absolute atomic E-state index is 10.1. The highest BCUT2D eigenvalue weighted by molar-refractivity contribution is 5.29. The van der Waals surface area contributed by atoms with Gasteiger partial charge in [0.25, 0.3) is 0 Å². The molecule has 0 aromatic rings. The van der Waals surface area contributed by atoms with E-state index in [0.29, 0.717) is 35.7 Å². The van der Waals surface area contributed by atoms with Crippen LogP contribution in [0.1, 0.15) is 85.5 Å². The summed E-state index contributed by atoms with van der Waals surface area (Å²) in [4.78, 5) is 0. The van der Waals surface area contributed by atoms with Crippen molar-refractivity contribution in [3.63, 3.8) is 0 Å². The first kappa shape index (κ1) is 22.8. The van der Waals surface area contributed by atoms with Crippen LogP contribution in [0, 0.1) is 23.2 Å². The lowest BCUT2D eigenvalue weighted by Gasteiger charge is -2.44. The highest BCUT2D eigenvalue weighted by Gasteiger charge is 2.50. The Morgan fingerprint density at radius 3 is 2.45 bits per heavy atom. The van der Waals surface area contributed by atoms with Crippen molar-refractivity contribution in [3.8, 4) is 0 Å². The van der Waals surface area contributed by atoms with Crippen molar-refractivity contribution < 1.29 is 15.3 Å². The van der Waals surface area contributed by atoms with Crippen molar-refractivity contribution in [2.75, 3.05) is 0 Å². The van der Waals surface area contributed by atoms with E-state index in [1.807, 2.05) is 13.8 Å². The molecule has 0 saturated heterocycles. The molecule has 0 radical (unpaired) electrons. The smallest absolute Gasteiger partial charge is 0.0809 e. The summed E-state index contributed by atoms with van der Waals surface area (Å²) in [6.07, 6.45) is 12.7. The summed E-state index contributed by atoms with van der Waals surface area (Å²) in [7, 11) is 0. The van der Waals surface area contributed by atoms with Crippen LogP contribution in [0.4, 0.5) is 0 Å². The van der Waals surface area contributed by atoms with E-state index in [0.717, 1.165) is 24.3 Å². The zero-order valence-corrected chi connectivity index (χ0v) is 19.0. The largest absolute Gasteiger partial charge is 0.390 e. The SMILES string of the molecule is C=C1[C@H](O)CC(=C/C=C2\CCC[C@]3(C)[C@@H]([C@H](C)CCC(C)(C)O)CC[C@@H]23)C[C@H]1O. The molecule has 0 amide bonds. The van der Waals surface area contributed by atoms with Crippen molar-refractivity contribution >= 4 is 0 Å². The van der Waals surface area contributed by atoms with Gasteiger partial charge in [0.05, 0.1) is 17.8 Å². The molecule has 0 unspecified atom stereocenters. The zero-order valence-electron chi connectivity index (χ0n) is 19.0. The van der Waals surface area contributed by atoms with Crippen LogP contribution < -0.4 is 0 Å². The van der Waals surface area contributed by atoms with Crippen molar-refractivity contribution in [3.05, 3.63) is 35.5 Å². The van der Waals surface area contributed by atoms with Gasteiger partial charge in [-0.3, -0.25) is 0 Å².